The lowest BCUT2D eigenvalue weighted by Crippen LogP contribution is -2.27. The average Bonchev–Trinajstić information content (AvgIpc) is 2.82. The van der Waals surface area contributed by atoms with Crippen LogP contribution in [0.3, 0.4) is 0 Å². The molecule has 22 heavy (non-hydrogen) atoms. The van der Waals surface area contributed by atoms with Crippen molar-refractivity contribution in [3.63, 3.8) is 0 Å². The minimum absolute atomic E-state index is 0.159. The average molecular weight is 318 g/mol. The lowest BCUT2D eigenvalue weighted by Gasteiger charge is -2.30. The first-order chi connectivity index (χ1) is 10.7. The van der Waals surface area contributed by atoms with Crippen LogP contribution in [0.15, 0.2) is 12.4 Å². The summed E-state index contributed by atoms with van der Waals surface area (Å²) in [5, 5.41) is 14.0. The summed E-state index contributed by atoms with van der Waals surface area (Å²) in [6, 6.07) is 2.00. The molecule has 1 saturated carbocycles. The molecule has 0 bridgehead atoms. The van der Waals surface area contributed by atoms with Crippen molar-refractivity contribution in [1.29, 1.82) is 0 Å². The second kappa shape index (κ2) is 6.71. The Hall–Kier alpha value is -1.53. The number of anilines is 1. The third-order valence-electron chi connectivity index (χ3n) is 4.05. The zero-order valence-corrected chi connectivity index (χ0v) is 13.9. The Bertz CT molecular complexity index is 637. The third kappa shape index (κ3) is 3.44. The topological polar surface area (TPSA) is 70.9 Å². The van der Waals surface area contributed by atoms with Crippen molar-refractivity contribution in [2.75, 3.05) is 5.32 Å². The van der Waals surface area contributed by atoms with Gasteiger partial charge in [0.15, 0.2) is 0 Å². The van der Waals surface area contributed by atoms with Crippen molar-refractivity contribution in [2.45, 2.75) is 58.1 Å². The molecule has 2 aromatic rings. The molecule has 3 rings (SSSR count). The highest BCUT2D eigenvalue weighted by Crippen LogP contribution is 2.36. The molecule has 0 saturated heterocycles. The highest BCUT2D eigenvalue weighted by Gasteiger charge is 2.29. The normalized spacial score (nSPS) is 20.7. The number of aryl methyl sites for hydroxylation is 2. The van der Waals surface area contributed by atoms with E-state index in [-0.39, 0.29) is 6.10 Å². The van der Waals surface area contributed by atoms with Crippen molar-refractivity contribution in [3.8, 4) is 0 Å². The first-order valence-electron chi connectivity index (χ1n) is 7.84. The van der Waals surface area contributed by atoms with E-state index in [1.807, 2.05) is 6.07 Å². The maximum absolute atomic E-state index is 9.41. The Kier molecular flexibility index (Phi) is 4.69. The van der Waals surface area contributed by atoms with Crippen molar-refractivity contribution in [2.24, 2.45) is 0 Å². The van der Waals surface area contributed by atoms with Gasteiger partial charge in [-0.05, 0) is 32.6 Å². The standard InChI is InChI=1S/C16H22N4OS/c1-3-4-16-20-10(2)14(22-16)8-17-15-7-13(18-9-19-15)11-5-12(21)6-11/h7,9,11-12,21H,3-6,8H2,1-2H3,(H,17,18,19). The number of aliphatic hydroxyl groups is 1. The molecule has 0 spiro atoms. The van der Waals surface area contributed by atoms with Crippen LogP contribution in [-0.4, -0.2) is 26.2 Å². The maximum atomic E-state index is 9.41. The van der Waals surface area contributed by atoms with Gasteiger partial charge >= 0.3 is 0 Å². The predicted octanol–water partition coefficient (Wildman–Crippen LogP) is 3.04. The van der Waals surface area contributed by atoms with Crippen LogP contribution in [0, 0.1) is 6.92 Å². The summed E-state index contributed by atoms with van der Waals surface area (Å²) >= 11 is 1.78. The summed E-state index contributed by atoms with van der Waals surface area (Å²) in [5.41, 5.74) is 2.13. The van der Waals surface area contributed by atoms with E-state index in [1.165, 1.54) is 9.88 Å². The molecule has 2 heterocycles. The van der Waals surface area contributed by atoms with Gasteiger partial charge in [0.2, 0.25) is 0 Å². The van der Waals surface area contributed by atoms with Gasteiger partial charge in [-0.3, -0.25) is 0 Å². The Morgan fingerprint density at radius 3 is 2.91 bits per heavy atom. The van der Waals surface area contributed by atoms with Crippen LogP contribution in [0.5, 0.6) is 0 Å². The molecule has 0 amide bonds. The summed E-state index contributed by atoms with van der Waals surface area (Å²) in [5.74, 6) is 1.22. The van der Waals surface area contributed by atoms with Gasteiger partial charge in [-0.25, -0.2) is 15.0 Å². The first kappa shape index (κ1) is 15.4. The van der Waals surface area contributed by atoms with Gasteiger partial charge in [0, 0.05) is 22.6 Å². The van der Waals surface area contributed by atoms with Gasteiger partial charge in [-0.15, -0.1) is 11.3 Å². The molecule has 0 unspecified atom stereocenters. The quantitative estimate of drug-likeness (QED) is 0.856. The summed E-state index contributed by atoms with van der Waals surface area (Å²) in [7, 11) is 0. The van der Waals surface area contributed by atoms with E-state index in [1.54, 1.807) is 17.7 Å². The molecule has 2 N–H and O–H groups in total. The Labute approximate surface area is 134 Å². The molecular formula is C16H22N4OS. The highest BCUT2D eigenvalue weighted by atomic mass is 32.1. The van der Waals surface area contributed by atoms with Gasteiger partial charge in [0.1, 0.15) is 12.1 Å². The lowest BCUT2D eigenvalue weighted by atomic mass is 9.80. The van der Waals surface area contributed by atoms with E-state index in [0.717, 1.165) is 49.4 Å². The summed E-state index contributed by atoms with van der Waals surface area (Å²) < 4.78 is 0. The van der Waals surface area contributed by atoms with Crippen molar-refractivity contribution >= 4 is 17.2 Å². The van der Waals surface area contributed by atoms with E-state index in [9.17, 15) is 5.11 Å². The molecule has 1 fully saturated rings. The van der Waals surface area contributed by atoms with Gasteiger partial charge in [0.25, 0.3) is 0 Å². The molecule has 2 aromatic heterocycles. The first-order valence-corrected chi connectivity index (χ1v) is 8.66. The van der Waals surface area contributed by atoms with Crippen LogP contribution in [0.25, 0.3) is 0 Å². The molecular weight excluding hydrogens is 296 g/mol. The van der Waals surface area contributed by atoms with Crippen LogP contribution in [0.2, 0.25) is 0 Å². The molecule has 6 heteroatoms. The minimum atomic E-state index is -0.159. The number of aliphatic hydroxyl groups excluding tert-OH is 1. The molecule has 0 aromatic carbocycles. The number of hydrogen-bond acceptors (Lipinski definition) is 6. The van der Waals surface area contributed by atoms with Gasteiger partial charge in [0.05, 0.1) is 23.4 Å². The SMILES string of the molecule is CCCc1nc(C)c(CNc2cc(C3CC(O)C3)ncn2)s1. The second-order valence-corrected chi connectivity index (χ2v) is 7.04. The molecule has 1 aliphatic carbocycles. The van der Waals surface area contributed by atoms with E-state index >= 15 is 0 Å². The van der Waals surface area contributed by atoms with Crippen LogP contribution < -0.4 is 5.32 Å². The monoisotopic (exact) mass is 318 g/mol. The van der Waals surface area contributed by atoms with Crippen LogP contribution in [0.4, 0.5) is 5.82 Å². The van der Waals surface area contributed by atoms with Crippen molar-refractivity contribution in [3.05, 3.63) is 33.7 Å². The lowest BCUT2D eigenvalue weighted by molar-refractivity contribution is 0.0732. The number of rotatable bonds is 6. The minimum Gasteiger partial charge on any atom is -0.393 e. The number of aromatic nitrogens is 3. The number of thiazole rings is 1. The van der Waals surface area contributed by atoms with Gasteiger partial charge < -0.3 is 10.4 Å². The van der Waals surface area contributed by atoms with Crippen LogP contribution in [-0.2, 0) is 13.0 Å². The summed E-state index contributed by atoms with van der Waals surface area (Å²) in [6.07, 6.45) is 5.24. The fourth-order valence-corrected chi connectivity index (χ4v) is 3.78. The number of hydrogen-bond donors (Lipinski definition) is 2. The van der Waals surface area contributed by atoms with E-state index in [2.05, 4.69) is 34.1 Å². The molecule has 0 atom stereocenters. The van der Waals surface area contributed by atoms with Crippen LogP contribution >= 0.6 is 11.3 Å². The number of nitrogens with zero attached hydrogens (tertiary/aromatic N) is 3. The smallest absolute Gasteiger partial charge is 0.129 e. The predicted molar refractivity (Wildman–Crippen MR) is 88.2 cm³/mol. The van der Waals surface area contributed by atoms with E-state index in [0.29, 0.717) is 5.92 Å². The Morgan fingerprint density at radius 1 is 1.36 bits per heavy atom. The second-order valence-electron chi connectivity index (χ2n) is 5.87. The van der Waals surface area contributed by atoms with E-state index in [4.69, 9.17) is 0 Å². The van der Waals surface area contributed by atoms with Gasteiger partial charge in [-0.2, -0.15) is 0 Å². The molecule has 118 valence electrons. The number of nitrogens with one attached hydrogen (secondary N) is 1. The fraction of sp³-hybridized carbons (Fsp3) is 0.562. The summed E-state index contributed by atoms with van der Waals surface area (Å²) in [4.78, 5) is 14.5. The Balaban J connectivity index is 1.62. The zero-order chi connectivity index (χ0) is 15.5. The molecule has 0 radical (unpaired) electrons. The summed E-state index contributed by atoms with van der Waals surface area (Å²) in [6.45, 7) is 4.99. The molecule has 0 aliphatic heterocycles. The fourth-order valence-electron chi connectivity index (χ4n) is 2.67. The zero-order valence-electron chi connectivity index (χ0n) is 13.0. The molecule has 5 nitrogen and oxygen atoms in total. The molecule has 1 aliphatic rings. The van der Waals surface area contributed by atoms with Gasteiger partial charge in [-0.1, -0.05) is 6.92 Å². The van der Waals surface area contributed by atoms with E-state index < -0.39 is 0 Å². The van der Waals surface area contributed by atoms with Crippen molar-refractivity contribution < 1.29 is 5.11 Å². The highest BCUT2D eigenvalue weighted by molar-refractivity contribution is 7.11. The van der Waals surface area contributed by atoms with Crippen LogP contribution in [0.1, 0.15) is 53.4 Å². The van der Waals surface area contributed by atoms with Crippen molar-refractivity contribution in [1.82, 2.24) is 15.0 Å². The maximum Gasteiger partial charge on any atom is 0.129 e. The largest absolute Gasteiger partial charge is 0.393 e. The third-order valence-corrected chi connectivity index (χ3v) is 5.27. The Morgan fingerprint density at radius 2 is 2.18 bits per heavy atom.